The zero-order valence-electron chi connectivity index (χ0n) is 6.83. The number of nitrogens with one attached hydrogen (secondary N) is 1. The number of hydrogen-bond donors (Lipinski definition) is 1. The Hall–Kier alpha value is -1.22. The van der Waals surface area contributed by atoms with Crippen LogP contribution in [0.1, 0.15) is 12.0 Å². The monoisotopic (exact) mass is 161 g/mol. The second kappa shape index (κ2) is 3.45. The summed E-state index contributed by atoms with van der Waals surface area (Å²) < 4.78 is 0. The summed E-state index contributed by atoms with van der Waals surface area (Å²) >= 11 is 0. The first-order valence-corrected chi connectivity index (χ1v) is 4.12. The van der Waals surface area contributed by atoms with E-state index in [1.807, 2.05) is 12.4 Å². The van der Waals surface area contributed by atoms with Crippen molar-refractivity contribution in [3.05, 3.63) is 30.4 Å². The van der Waals surface area contributed by atoms with Gasteiger partial charge in [0.05, 0.1) is 0 Å². The molecule has 0 amide bonds. The molecule has 0 spiro atoms. The van der Waals surface area contributed by atoms with Crippen LogP contribution >= 0.6 is 0 Å². The molecule has 1 aliphatic rings. The van der Waals surface area contributed by atoms with E-state index in [1.165, 1.54) is 5.57 Å². The van der Waals surface area contributed by atoms with E-state index in [2.05, 4.69) is 21.4 Å². The Morgan fingerprint density at radius 3 is 2.75 bits per heavy atom. The molecule has 62 valence electrons. The van der Waals surface area contributed by atoms with Crippen LogP contribution in [-0.2, 0) is 0 Å². The first-order valence-electron chi connectivity index (χ1n) is 4.12. The maximum atomic E-state index is 3.98. The Bertz CT molecular complexity index is 279. The van der Waals surface area contributed by atoms with Crippen LogP contribution in [0.25, 0.3) is 5.57 Å². The fourth-order valence-electron chi connectivity index (χ4n) is 1.33. The van der Waals surface area contributed by atoms with E-state index in [9.17, 15) is 0 Å². The summed E-state index contributed by atoms with van der Waals surface area (Å²) in [6, 6.07) is 0. The van der Waals surface area contributed by atoms with Gasteiger partial charge >= 0.3 is 0 Å². The normalized spacial score (nSPS) is 17.2. The van der Waals surface area contributed by atoms with Gasteiger partial charge in [-0.25, -0.2) is 9.97 Å². The summed E-state index contributed by atoms with van der Waals surface area (Å²) in [4.78, 5) is 7.96. The maximum absolute atomic E-state index is 3.98. The van der Waals surface area contributed by atoms with Crippen molar-refractivity contribution in [3.63, 3.8) is 0 Å². The molecule has 3 nitrogen and oxygen atoms in total. The second-order valence-electron chi connectivity index (χ2n) is 2.82. The molecular formula is C9H11N3. The lowest BCUT2D eigenvalue weighted by molar-refractivity contribution is 0.738. The lowest BCUT2D eigenvalue weighted by Crippen LogP contribution is -2.21. The largest absolute Gasteiger partial charge is 0.312 e. The molecule has 0 aromatic carbocycles. The molecule has 0 atom stereocenters. The molecule has 0 aliphatic carbocycles. The first kappa shape index (κ1) is 7.43. The van der Waals surface area contributed by atoms with Gasteiger partial charge in [0, 0.05) is 24.5 Å². The van der Waals surface area contributed by atoms with Gasteiger partial charge < -0.3 is 5.32 Å². The Labute approximate surface area is 71.5 Å². The van der Waals surface area contributed by atoms with Crippen molar-refractivity contribution in [2.75, 3.05) is 13.1 Å². The van der Waals surface area contributed by atoms with Crippen LogP contribution in [0.15, 0.2) is 24.8 Å². The first-order chi connectivity index (χ1) is 5.97. The summed E-state index contributed by atoms with van der Waals surface area (Å²) in [5.74, 6) is 0. The Balaban J connectivity index is 2.24. The molecule has 0 fully saturated rings. The molecule has 0 unspecified atom stereocenters. The molecular weight excluding hydrogens is 150 g/mol. The van der Waals surface area contributed by atoms with Crippen molar-refractivity contribution in [2.45, 2.75) is 6.42 Å². The fourth-order valence-corrected chi connectivity index (χ4v) is 1.33. The molecule has 1 aliphatic heterocycles. The number of rotatable bonds is 1. The average molecular weight is 161 g/mol. The Kier molecular flexibility index (Phi) is 2.14. The summed E-state index contributed by atoms with van der Waals surface area (Å²) in [6.45, 7) is 2.02. The van der Waals surface area contributed by atoms with Gasteiger partial charge in [-0.05, 0) is 18.5 Å². The number of nitrogens with zero attached hydrogens (tertiary/aromatic N) is 2. The highest BCUT2D eigenvalue weighted by molar-refractivity contribution is 5.66. The van der Waals surface area contributed by atoms with E-state index < -0.39 is 0 Å². The maximum Gasteiger partial charge on any atom is 0.115 e. The lowest BCUT2D eigenvalue weighted by Gasteiger charge is -2.13. The highest BCUT2D eigenvalue weighted by atomic mass is 14.9. The van der Waals surface area contributed by atoms with E-state index in [4.69, 9.17) is 0 Å². The van der Waals surface area contributed by atoms with Crippen LogP contribution in [-0.4, -0.2) is 23.1 Å². The summed E-state index contributed by atoms with van der Waals surface area (Å²) in [5, 5.41) is 3.31. The summed E-state index contributed by atoms with van der Waals surface area (Å²) in [6.07, 6.45) is 8.61. The van der Waals surface area contributed by atoms with Gasteiger partial charge in [-0.2, -0.15) is 0 Å². The van der Waals surface area contributed by atoms with Crippen LogP contribution in [0.5, 0.6) is 0 Å². The molecule has 0 saturated heterocycles. The SMILES string of the molecule is C1=C(c2cncnc2)CNCC1. The third-order valence-corrected chi connectivity index (χ3v) is 1.96. The van der Waals surface area contributed by atoms with Crippen molar-refractivity contribution in [2.24, 2.45) is 0 Å². The van der Waals surface area contributed by atoms with Crippen LogP contribution in [0, 0.1) is 0 Å². The van der Waals surface area contributed by atoms with E-state index in [0.717, 1.165) is 25.1 Å². The van der Waals surface area contributed by atoms with E-state index in [0.29, 0.717) is 0 Å². The number of hydrogen-bond acceptors (Lipinski definition) is 3. The van der Waals surface area contributed by atoms with Gasteiger partial charge in [0.25, 0.3) is 0 Å². The summed E-state index contributed by atoms with van der Waals surface area (Å²) in [5.41, 5.74) is 2.44. The zero-order chi connectivity index (χ0) is 8.23. The highest BCUT2D eigenvalue weighted by Gasteiger charge is 2.04. The van der Waals surface area contributed by atoms with Crippen LogP contribution in [0.4, 0.5) is 0 Å². The Morgan fingerprint density at radius 2 is 2.08 bits per heavy atom. The van der Waals surface area contributed by atoms with Gasteiger partial charge in [0.15, 0.2) is 0 Å². The molecule has 1 aromatic heterocycles. The van der Waals surface area contributed by atoms with E-state index in [-0.39, 0.29) is 0 Å². The van der Waals surface area contributed by atoms with Gasteiger partial charge in [-0.1, -0.05) is 6.08 Å². The molecule has 0 saturated carbocycles. The van der Waals surface area contributed by atoms with Crippen LogP contribution in [0.3, 0.4) is 0 Å². The molecule has 2 heterocycles. The van der Waals surface area contributed by atoms with Crippen LogP contribution in [0.2, 0.25) is 0 Å². The standard InChI is InChI=1S/C9H11N3/c1-2-8(4-10-3-1)9-5-11-7-12-6-9/h2,5-7,10H,1,3-4H2. The smallest absolute Gasteiger partial charge is 0.115 e. The minimum atomic E-state index is 0.938. The van der Waals surface area contributed by atoms with Gasteiger partial charge in [0.1, 0.15) is 6.33 Å². The molecule has 0 radical (unpaired) electrons. The second-order valence-corrected chi connectivity index (χ2v) is 2.82. The van der Waals surface area contributed by atoms with Gasteiger partial charge in [0.2, 0.25) is 0 Å². The fraction of sp³-hybridized carbons (Fsp3) is 0.333. The molecule has 3 heteroatoms. The molecule has 2 rings (SSSR count). The predicted molar refractivity (Wildman–Crippen MR) is 47.5 cm³/mol. The summed E-state index contributed by atoms with van der Waals surface area (Å²) in [7, 11) is 0. The van der Waals surface area contributed by atoms with Crippen molar-refractivity contribution < 1.29 is 0 Å². The zero-order valence-corrected chi connectivity index (χ0v) is 6.83. The topological polar surface area (TPSA) is 37.8 Å². The van der Waals surface area contributed by atoms with Gasteiger partial charge in [-0.3, -0.25) is 0 Å². The van der Waals surface area contributed by atoms with Crippen molar-refractivity contribution >= 4 is 5.57 Å². The third kappa shape index (κ3) is 1.51. The molecule has 12 heavy (non-hydrogen) atoms. The van der Waals surface area contributed by atoms with Gasteiger partial charge in [-0.15, -0.1) is 0 Å². The molecule has 1 aromatic rings. The molecule has 1 N–H and O–H groups in total. The van der Waals surface area contributed by atoms with Crippen molar-refractivity contribution in [1.82, 2.24) is 15.3 Å². The lowest BCUT2D eigenvalue weighted by atomic mass is 10.1. The third-order valence-electron chi connectivity index (χ3n) is 1.96. The number of aromatic nitrogens is 2. The quantitative estimate of drug-likeness (QED) is 0.663. The van der Waals surface area contributed by atoms with Crippen LogP contribution < -0.4 is 5.32 Å². The highest BCUT2D eigenvalue weighted by Crippen LogP contribution is 2.13. The van der Waals surface area contributed by atoms with Crippen molar-refractivity contribution in [3.8, 4) is 0 Å². The van der Waals surface area contributed by atoms with E-state index in [1.54, 1.807) is 6.33 Å². The Morgan fingerprint density at radius 1 is 1.25 bits per heavy atom. The predicted octanol–water partition coefficient (Wildman–Crippen LogP) is 0.853. The van der Waals surface area contributed by atoms with Crippen molar-refractivity contribution in [1.29, 1.82) is 0 Å². The average Bonchev–Trinajstić information content (AvgIpc) is 2.21. The minimum Gasteiger partial charge on any atom is -0.312 e. The van der Waals surface area contributed by atoms with E-state index >= 15 is 0 Å². The minimum absolute atomic E-state index is 0.938. The molecule has 0 bridgehead atoms.